The lowest BCUT2D eigenvalue weighted by atomic mass is 9.78. The molecule has 1 atom stereocenters. The summed E-state index contributed by atoms with van der Waals surface area (Å²) in [5.41, 5.74) is 2.41. The third-order valence-electron chi connectivity index (χ3n) is 4.53. The fourth-order valence-corrected chi connectivity index (χ4v) is 3.37. The molecule has 1 fully saturated rings. The van der Waals surface area contributed by atoms with Crippen LogP contribution in [0.15, 0.2) is 60.7 Å². The van der Waals surface area contributed by atoms with Gasteiger partial charge < -0.3 is 10.4 Å². The van der Waals surface area contributed by atoms with Crippen molar-refractivity contribution in [1.29, 1.82) is 0 Å². The Morgan fingerprint density at radius 3 is 1.76 bits per heavy atom. The number of benzene rings is 2. The second kappa shape index (κ2) is 6.88. The van der Waals surface area contributed by atoms with Gasteiger partial charge in [0, 0.05) is 5.92 Å². The molecule has 0 aromatic heterocycles. The molecule has 2 N–H and O–H groups in total. The molecule has 1 aliphatic rings. The topological polar surface area (TPSA) is 32.3 Å². The average Bonchev–Trinajstić information content (AvgIpc) is 2.58. The van der Waals surface area contributed by atoms with Gasteiger partial charge in [-0.1, -0.05) is 60.7 Å². The minimum absolute atomic E-state index is 0.0653. The lowest BCUT2D eigenvalue weighted by Crippen LogP contribution is -2.37. The summed E-state index contributed by atoms with van der Waals surface area (Å²) in [6.07, 6.45) is 1.78. The van der Waals surface area contributed by atoms with Crippen LogP contribution in [0, 0.1) is 5.92 Å². The van der Waals surface area contributed by atoms with Crippen LogP contribution in [0.1, 0.15) is 29.9 Å². The molecule has 21 heavy (non-hydrogen) atoms. The molecule has 2 aromatic rings. The molecular weight excluding hydrogens is 258 g/mol. The fraction of sp³-hybridized carbons (Fsp3) is 0.368. The molecule has 1 unspecified atom stereocenters. The Morgan fingerprint density at radius 1 is 0.810 bits per heavy atom. The van der Waals surface area contributed by atoms with Crippen molar-refractivity contribution in [2.45, 2.75) is 24.9 Å². The Bertz CT molecular complexity index is 495. The van der Waals surface area contributed by atoms with Crippen LogP contribution in [0.3, 0.4) is 0 Å². The van der Waals surface area contributed by atoms with Gasteiger partial charge in [0.1, 0.15) is 0 Å². The van der Waals surface area contributed by atoms with Crippen LogP contribution in [0.2, 0.25) is 0 Å². The first-order valence-electron chi connectivity index (χ1n) is 7.85. The van der Waals surface area contributed by atoms with Gasteiger partial charge in [0.2, 0.25) is 0 Å². The van der Waals surface area contributed by atoms with Crippen LogP contribution >= 0.6 is 0 Å². The van der Waals surface area contributed by atoms with E-state index < -0.39 is 0 Å². The molecule has 0 radical (unpaired) electrons. The summed E-state index contributed by atoms with van der Waals surface area (Å²) >= 11 is 0. The molecule has 2 heteroatoms. The van der Waals surface area contributed by atoms with Crippen molar-refractivity contribution in [2.75, 3.05) is 13.1 Å². The molecule has 3 rings (SSSR count). The molecule has 0 bridgehead atoms. The van der Waals surface area contributed by atoms with Gasteiger partial charge in [-0.05, 0) is 43.0 Å². The molecule has 1 saturated heterocycles. The zero-order valence-corrected chi connectivity index (χ0v) is 12.3. The zero-order chi connectivity index (χ0) is 14.5. The Morgan fingerprint density at radius 2 is 1.29 bits per heavy atom. The van der Waals surface area contributed by atoms with E-state index in [1.807, 2.05) is 12.1 Å². The van der Waals surface area contributed by atoms with Crippen molar-refractivity contribution in [1.82, 2.24) is 5.32 Å². The first kappa shape index (κ1) is 14.3. The Kier molecular flexibility index (Phi) is 4.69. The number of hydrogen-bond acceptors (Lipinski definition) is 2. The SMILES string of the molecule is OC(C1CCNCC1)C(c1ccccc1)c1ccccc1. The molecule has 110 valence electrons. The first-order chi connectivity index (χ1) is 10.4. The van der Waals surface area contributed by atoms with Gasteiger partial charge >= 0.3 is 0 Å². The van der Waals surface area contributed by atoms with Crippen LogP contribution in [-0.2, 0) is 0 Å². The lowest BCUT2D eigenvalue weighted by Gasteiger charge is -2.33. The van der Waals surface area contributed by atoms with Crippen molar-refractivity contribution < 1.29 is 5.11 Å². The first-order valence-corrected chi connectivity index (χ1v) is 7.85. The number of rotatable bonds is 4. The maximum Gasteiger partial charge on any atom is 0.0678 e. The van der Waals surface area contributed by atoms with E-state index in [9.17, 15) is 5.11 Å². The summed E-state index contributed by atoms with van der Waals surface area (Å²) in [5.74, 6) is 0.437. The van der Waals surface area contributed by atoms with Gasteiger partial charge in [-0.3, -0.25) is 0 Å². The Hall–Kier alpha value is -1.64. The maximum absolute atomic E-state index is 11.0. The van der Waals surface area contributed by atoms with Crippen molar-refractivity contribution in [3.05, 3.63) is 71.8 Å². The molecule has 2 aromatic carbocycles. The van der Waals surface area contributed by atoms with Crippen LogP contribution in [-0.4, -0.2) is 24.3 Å². The molecule has 0 spiro atoms. The zero-order valence-electron chi connectivity index (χ0n) is 12.3. The average molecular weight is 281 g/mol. The molecule has 0 amide bonds. The monoisotopic (exact) mass is 281 g/mol. The van der Waals surface area contributed by atoms with Crippen LogP contribution in [0.4, 0.5) is 0 Å². The number of nitrogens with one attached hydrogen (secondary N) is 1. The van der Waals surface area contributed by atoms with Crippen LogP contribution in [0.25, 0.3) is 0 Å². The highest BCUT2D eigenvalue weighted by Crippen LogP contribution is 2.34. The minimum Gasteiger partial charge on any atom is -0.392 e. The summed E-state index contributed by atoms with van der Waals surface area (Å²) in [4.78, 5) is 0. The highest BCUT2D eigenvalue weighted by Gasteiger charge is 2.30. The Balaban J connectivity index is 1.92. The van der Waals surface area contributed by atoms with E-state index in [0.717, 1.165) is 25.9 Å². The van der Waals surface area contributed by atoms with E-state index in [1.54, 1.807) is 0 Å². The molecule has 2 nitrogen and oxygen atoms in total. The van der Waals surface area contributed by atoms with E-state index in [4.69, 9.17) is 0 Å². The van der Waals surface area contributed by atoms with E-state index in [-0.39, 0.29) is 12.0 Å². The second-order valence-electron chi connectivity index (χ2n) is 5.88. The van der Waals surface area contributed by atoms with E-state index >= 15 is 0 Å². The Labute approximate surface area is 126 Å². The number of hydrogen-bond donors (Lipinski definition) is 2. The van der Waals surface area contributed by atoms with Crippen molar-refractivity contribution >= 4 is 0 Å². The quantitative estimate of drug-likeness (QED) is 0.902. The van der Waals surface area contributed by atoms with E-state index in [0.29, 0.717) is 5.92 Å². The fourth-order valence-electron chi connectivity index (χ4n) is 3.37. The summed E-state index contributed by atoms with van der Waals surface area (Å²) in [6.45, 7) is 2.02. The highest BCUT2D eigenvalue weighted by atomic mass is 16.3. The van der Waals surface area contributed by atoms with Gasteiger partial charge in [0.05, 0.1) is 6.10 Å². The highest BCUT2D eigenvalue weighted by molar-refractivity contribution is 5.34. The lowest BCUT2D eigenvalue weighted by molar-refractivity contribution is 0.0744. The minimum atomic E-state index is -0.322. The van der Waals surface area contributed by atoms with Crippen molar-refractivity contribution in [3.8, 4) is 0 Å². The standard InChI is InChI=1S/C19H23NO/c21-19(17-11-13-20-14-12-17)18(15-7-3-1-4-8-15)16-9-5-2-6-10-16/h1-10,17-21H,11-14H2. The molecule has 0 aliphatic carbocycles. The van der Waals surface area contributed by atoms with Crippen molar-refractivity contribution in [3.63, 3.8) is 0 Å². The maximum atomic E-state index is 11.0. The molecule has 1 aliphatic heterocycles. The smallest absolute Gasteiger partial charge is 0.0678 e. The molecular formula is C19H23NO. The number of piperidine rings is 1. The summed E-state index contributed by atoms with van der Waals surface area (Å²) in [5, 5.41) is 14.4. The second-order valence-corrected chi connectivity index (χ2v) is 5.88. The van der Waals surface area contributed by atoms with Gasteiger partial charge in [0.25, 0.3) is 0 Å². The summed E-state index contributed by atoms with van der Waals surface area (Å²) in [6, 6.07) is 20.8. The normalized spacial score (nSPS) is 17.8. The van der Waals surface area contributed by atoms with E-state index in [2.05, 4.69) is 53.8 Å². The third-order valence-corrected chi connectivity index (χ3v) is 4.53. The van der Waals surface area contributed by atoms with Gasteiger partial charge in [-0.25, -0.2) is 0 Å². The number of aliphatic hydroxyl groups is 1. The third kappa shape index (κ3) is 3.34. The van der Waals surface area contributed by atoms with Gasteiger partial charge in [-0.2, -0.15) is 0 Å². The van der Waals surface area contributed by atoms with Crippen LogP contribution < -0.4 is 5.32 Å². The van der Waals surface area contributed by atoms with Crippen LogP contribution in [0.5, 0.6) is 0 Å². The largest absolute Gasteiger partial charge is 0.392 e. The molecule has 1 heterocycles. The van der Waals surface area contributed by atoms with E-state index in [1.165, 1.54) is 11.1 Å². The summed E-state index contributed by atoms with van der Waals surface area (Å²) in [7, 11) is 0. The molecule has 0 saturated carbocycles. The summed E-state index contributed by atoms with van der Waals surface area (Å²) < 4.78 is 0. The predicted molar refractivity (Wildman–Crippen MR) is 86.3 cm³/mol. The number of aliphatic hydroxyl groups excluding tert-OH is 1. The predicted octanol–water partition coefficient (Wildman–Crippen LogP) is 3.18. The van der Waals surface area contributed by atoms with Gasteiger partial charge in [0.15, 0.2) is 0 Å². The van der Waals surface area contributed by atoms with Gasteiger partial charge in [-0.15, -0.1) is 0 Å². The van der Waals surface area contributed by atoms with Crippen molar-refractivity contribution in [2.24, 2.45) is 5.92 Å².